The summed E-state index contributed by atoms with van der Waals surface area (Å²) in [4.78, 5) is 32.4. The molecular weight excluding hydrogens is 398 g/mol. The highest BCUT2D eigenvalue weighted by Crippen LogP contribution is 2.15. The number of piperazine rings is 1. The lowest BCUT2D eigenvalue weighted by atomic mass is 10.2. The zero-order valence-corrected chi connectivity index (χ0v) is 18.2. The van der Waals surface area contributed by atoms with E-state index in [1.54, 1.807) is 18.2 Å². The molecular formula is C22H33N5O4. The largest absolute Gasteiger partial charge is 0.478 e. The first kappa shape index (κ1) is 23.0. The molecule has 1 amide bonds. The summed E-state index contributed by atoms with van der Waals surface area (Å²) in [5.74, 6) is -0.184. The van der Waals surface area contributed by atoms with Crippen molar-refractivity contribution in [2.75, 3.05) is 57.7 Å². The summed E-state index contributed by atoms with van der Waals surface area (Å²) in [6, 6.07) is 6.73. The number of carbonyl (C=O) groups is 2. The molecule has 0 unspecified atom stereocenters. The number of nitrogens with zero attached hydrogens (tertiary/aromatic N) is 3. The minimum atomic E-state index is -0.962. The Morgan fingerprint density at radius 2 is 2.06 bits per heavy atom. The number of ether oxygens (including phenoxy) is 1. The van der Waals surface area contributed by atoms with Gasteiger partial charge < -0.3 is 25.4 Å². The monoisotopic (exact) mass is 431 g/mol. The van der Waals surface area contributed by atoms with E-state index in [4.69, 9.17) is 9.73 Å². The number of anilines is 1. The Balaban J connectivity index is 1.63. The second kappa shape index (κ2) is 11.7. The molecule has 1 aromatic rings. The fraction of sp³-hybridized carbons (Fsp3) is 0.591. The Hall–Kier alpha value is -2.65. The number of carboxylic acids is 1. The van der Waals surface area contributed by atoms with Gasteiger partial charge in [0.1, 0.15) is 0 Å². The molecule has 2 saturated heterocycles. The quantitative estimate of drug-likeness (QED) is 0.423. The summed E-state index contributed by atoms with van der Waals surface area (Å²) < 4.78 is 5.70. The third-order valence-electron chi connectivity index (χ3n) is 5.45. The van der Waals surface area contributed by atoms with Gasteiger partial charge in [-0.05, 0) is 37.5 Å². The van der Waals surface area contributed by atoms with Gasteiger partial charge in [-0.15, -0.1) is 0 Å². The van der Waals surface area contributed by atoms with Crippen LogP contribution in [0.3, 0.4) is 0 Å². The highest BCUT2D eigenvalue weighted by molar-refractivity contribution is 5.96. The highest BCUT2D eigenvalue weighted by Gasteiger charge is 2.23. The number of hydrogen-bond donors (Lipinski definition) is 3. The molecule has 1 aromatic carbocycles. The predicted octanol–water partition coefficient (Wildman–Crippen LogP) is 1.48. The lowest BCUT2D eigenvalue weighted by Gasteiger charge is -2.36. The molecule has 170 valence electrons. The summed E-state index contributed by atoms with van der Waals surface area (Å²) in [5, 5.41) is 15.5. The van der Waals surface area contributed by atoms with Gasteiger partial charge in [-0.25, -0.2) is 4.79 Å². The molecule has 1 atom stereocenters. The van der Waals surface area contributed by atoms with Gasteiger partial charge >= 0.3 is 5.97 Å². The van der Waals surface area contributed by atoms with Crippen LogP contribution in [0.25, 0.3) is 0 Å². The summed E-state index contributed by atoms with van der Waals surface area (Å²) in [6.45, 7) is 7.49. The normalized spacial score (nSPS) is 20.0. The van der Waals surface area contributed by atoms with Crippen molar-refractivity contribution < 1.29 is 19.4 Å². The minimum absolute atomic E-state index is 0.0613. The van der Waals surface area contributed by atoms with Gasteiger partial charge in [-0.1, -0.05) is 13.0 Å². The van der Waals surface area contributed by atoms with Gasteiger partial charge in [0.05, 0.1) is 24.8 Å². The fourth-order valence-electron chi connectivity index (χ4n) is 3.70. The Bertz CT molecular complexity index is 771. The van der Waals surface area contributed by atoms with Gasteiger partial charge in [0, 0.05) is 45.0 Å². The Labute approximate surface area is 183 Å². The van der Waals surface area contributed by atoms with Crippen LogP contribution in [0.4, 0.5) is 5.69 Å². The van der Waals surface area contributed by atoms with Crippen LogP contribution in [0.5, 0.6) is 0 Å². The molecule has 2 heterocycles. The van der Waals surface area contributed by atoms with Crippen molar-refractivity contribution in [1.82, 2.24) is 15.1 Å². The number of guanidine groups is 1. The van der Waals surface area contributed by atoms with Crippen molar-refractivity contribution in [3.05, 3.63) is 29.8 Å². The van der Waals surface area contributed by atoms with E-state index in [-0.39, 0.29) is 17.6 Å². The van der Waals surface area contributed by atoms with Crippen molar-refractivity contribution in [3.8, 4) is 0 Å². The number of hydrogen-bond acceptors (Lipinski definition) is 5. The van der Waals surface area contributed by atoms with E-state index in [0.717, 1.165) is 52.0 Å². The second-order valence-corrected chi connectivity index (χ2v) is 7.92. The van der Waals surface area contributed by atoms with Crippen molar-refractivity contribution >= 4 is 23.5 Å². The van der Waals surface area contributed by atoms with E-state index in [0.29, 0.717) is 31.3 Å². The van der Waals surface area contributed by atoms with Crippen LogP contribution in [-0.4, -0.2) is 91.3 Å². The SMILES string of the molecule is CCCNC(=O)CN1CCN(C(=NC[C@H]2CCCO2)Nc2cccc(C(=O)O)c2)CC1. The smallest absolute Gasteiger partial charge is 0.335 e. The Morgan fingerprint density at radius 3 is 2.74 bits per heavy atom. The van der Waals surface area contributed by atoms with Crippen LogP contribution >= 0.6 is 0 Å². The number of benzene rings is 1. The number of rotatable bonds is 8. The molecule has 0 radical (unpaired) electrons. The van der Waals surface area contributed by atoms with Crippen molar-refractivity contribution in [2.24, 2.45) is 4.99 Å². The third-order valence-corrected chi connectivity index (χ3v) is 5.45. The fourth-order valence-corrected chi connectivity index (χ4v) is 3.70. The lowest BCUT2D eigenvalue weighted by Crippen LogP contribution is -2.52. The van der Waals surface area contributed by atoms with Gasteiger partial charge in [-0.3, -0.25) is 14.7 Å². The van der Waals surface area contributed by atoms with E-state index in [1.807, 2.05) is 13.0 Å². The molecule has 9 heteroatoms. The third kappa shape index (κ3) is 7.22. The molecule has 3 rings (SSSR count). The number of carboxylic acid groups (broad SMARTS) is 1. The van der Waals surface area contributed by atoms with Gasteiger partial charge in [0.15, 0.2) is 5.96 Å². The van der Waals surface area contributed by atoms with Crippen LogP contribution in [0.15, 0.2) is 29.3 Å². The molecule has 0 aliphatic carbocycles. The molecule has 2 fully saturated rings. The summed E-state index contributed by atoms with van der Waals surface area (Å²) >= 11 is 0. The second-order valence-electron chi connectivity index (χ2n) is 7.92. The molecule has 31 heavy (non-hydrogen) atoms. The minimum Gasteiger partial charge on any atom is -0.478 e. The number of amides is 1. The maximum Gasteiger partial charge on any atom is 0.335 e. The molecule has 9 nitrogen and oxygen atoms in total. The predicted molar refractivity (Wildman–Crippen MR) is 120 cm³/mol. The maximum atomic E-state index is 12.0. The van der Waals surface area contributed by atoms with E-state index in [9.17, 15) is 14.7 Å². The highest BCUT2D eigenvalue weighted by atomic mass is 16.5. The standard InChI is InChI=1S/C22H33N5O4/c1-2-8-23-20(28)16-26-9-11-27(12-10-26)22(24-15-19-7-4-13-31-19)25-18-6-3-5-17(14-18)21(29)30/h3,5-6,14,19H,2,4,7-13,15-16H2,1H3,(H,23,28)(H,24,25)(H,29,30)/t19-/m1/s1. The summed E-state index contributed by atoms with van der Waals surface area (Å²) in [6.07, 6.45) is 3.12. The zero-order chi connectivity index (χ0) is 22.1. The van der Waals surface area contributed by atoms with E-state index in [1.165, 1.54) is 0 Å². The van der Waals surface area contributed by atoms with Crippen LogP contribution in [-0.2, 0) is 9.53 Å². The number of aromatic carboxylic acids is 1. The first-order valence-corrected chi connectivity index (χ1v) is 11.1. The van der Waals surface area contributed by atoms with Crippen LogP contribution in [0.2, 0.25) is 0 Å². The molecule has 0 saturated carbocycles. The first-order chi connectivity index (χ1) is 15.0. The Morgan fingerprint density at radius 1 is 1.26 bits per heavy atom. The number of nitrogens with one attached hydrogen (secondary N) is 2. The van der Waals surface area contributed by atoms with Crippen molar-refractivity contribution in [3.63, 3.8) is 0 Å². The average molecular weight is 432 g/mol. The molecule has 3 N–H and O–H groups in total. The topological polar surface area (TPSA) is 107 Å². The number of carbonyl (C=O) groups excluding carboxylic acids is 1. The van der Waals surface area contributed by atoms with Crippen LogP contribution in [0.1, 0.15) is 36.5 Å². The number of aliphatic imine (C=N–C) groups is 1. The lowest BCUT2D eigenvalue weighted by molar-refractivity contribution is -0.122. The van der Waals surface area contributed by atoms with Gasteiger partial charge in [0.2, 0.25) is 5.91 Å². The summed E-state index contributed by atoms with van der Waals surface area (Å²) in [5.41, 5.74) is 0.916. The maximum absolute atomic E-state index is 12.0. The van der Waals surface area contributed by atoms with E-state index in [2.05, 4.69) is 20.4 Å². The van der Waals surface area contributed by atoms with E-state index >= 15 is 0 Å². The van der Waals surface area contributed by atoms with Gasteiger partial charge in [-0.2, -0.15) is 0 Å². The van der Waals surface area contributed by atoms with E-state index < -0.39 is 5.97 Å². The molecule has 0 aromatic heterocycles. The van der Waals surface area contributed by atoms with Crippen LogP contribution in [0, 0.1) is 0 Å². The van der Waals surface area contributed by atoms with Gasteiger partial charge in [0.25, 0.3) is 0 Å². The average Bonchev–Trinajstić information content (AvgIpc) is 3.29. The Kier molecular flexibility index (Phi) is 8.66. The van der Waals surface area contributed by atoms with Crippen molar-refractivity contribution in [2.45, 2.75) is 32.3 Å². The summed E-state index contributed by atoms with van der Waals surface area (Å²) in [7, 11) is 0. The van der Waals surface area contributed by atoms with Crippen LogP contribution < -0.4 is 10.6 Å². The first-order valence-electron chi connectivity index (χ1n) is 11.1. The molecule has 0 bridgehead atoms. The van der Waals surface area contributed by atoms with Crippen molar-refractivity contribution in [1.29, 1.82) is 0 Å². The molecule has 2 aliphatic rings. The molecule has 0 spiro atoms. The molecule has 2 aliphatic heterocycles. The zero-order valence-electron chi connectivity index (χ0n) is 18.2.